The van der Waals surface area contributed by atoms with E-state index < -0.39 is 10.0 Å². The molecule has 0 spiro atoms. The second-order valence-corrected chi connectivity index (χ2v) is 8.58. The molecule has 0 bridgehead atoms. The fourth-order valence-corrected chi connectivity index (χ4v) is 4.94. The quantitative estimate of drug-likeness (QED) is 0.684. The fraction of sp³-hybridized carbons (Fsp3) is 0.211. The van der Waals surface area contributed by atoms with E-state index in [9.17, 15) is 8.42 Å². The second-order valence-electron chi connectivity index (χ2n) is 6.27. The van der Waals surface area contributed by atoms with Crippen molar-refractivity contribution in [2.45, 2.75) is 17.9 Å². The van der Waals surface area contributed by atoms with Gasteiger partial charge in [0, 0.05) is 16.5 Å². The summed E-state index contributed by atoms with van der Waals surface area (Å²) in [5.41, 5.74) is 1.41. The lowest BCUT2D eigenvalue weighted by atomic mass is 10.2. The first-order chi connectivity index (χ1) is 12.4. The smallest absolute Gasteiger partial charge is 0.243 e. The SMILES string of the molecule is Cc1c(Cl)cccc1S(=O)(=O)N1CC(Oc2ccc3ccccc3n2)C1. The van der Waals surface area contributed by atoms with Crippen LogP contribution in [0.3, 0.4) is 0 Å². The lowest BCUT2D eigenvalue weighted by Crippen LogP contribution is -2.56. The van der Waals surface area contributed by atoms with Crippen molar-refractivity contribution in [1.82, 2.24) is 9.29 Å². The van der Waals surface area contributed by atoms with Gasteiger partial charge in [-0.25, -0.2) is 13.4 Å². The fourth-order valence-electron chi connectivity index (χ4n) is 2.96. The zero-order valence-corrected chi connectivity index (χ0v) is 15.7. The molecule has 0 N–H and O–H groups in total. The van der Waals surface area contributed by atoms with Crippen LogP contribution in [0, 0.1) is 6.92 Å². The highest BCUT2D eigenvalue weighted by Crippen LogP contribution is 2.29. The molecule has 0 amide bonds. The van der Waals surface area contributed by atoms with Crippen LogP contribution in [0.25, 0.3) is 10.9 Å². The van der Waals surface area contributed by atoms with Gasteiger partial charge in [-0.2, -0.15) is 4.31 Å². The van der Waals surface area contributed by atoms with Crippen molar-refractivity contribution in [1.29, 1.82) is 0 Å². The van der Waals surface area contributed by atoms with Crippen LogP contribution in [0.5, 0.6) is 5.88 Å². The van der Waals surface area contributed by atoms with E-state index in [0.29, 0.717) is 29.6 Å². The first kappa shape index (κ1) is 17.3. The van der Waals surface area contributed by atoms with E-state index in [-0.39, 0.29) is 11.0 Å². The van der Waals surface area contributed by atoms with Crippen molar-refractivity contribution in [3.05, 3.63) is 65.2 Å². The number of rotatable bonds is 4. The minimum atomic E-state index is -3.57. The van der Waals surface area contributed by atoms with Gasteiger partial charge in [0.1, 0.15) is 6.10 Å². The maximum atomic E-state index is 12.8. The molecule has 0 unspecified atom stereocenters. The molecule has 1 saturated heterocycles. The largest absolute Gasteiger partial charge is 0.472 e. The highest BCUT2D eigenvalue weighted by molar-refractivity contribution is 7.89. The molecule has 0 saturated carbocycles. The van der Waals surface area contributed by atoms with Crippen LogP contribution in [0.4, 0.5) is 0 Å². The Morgan fingerprint density at radius 3 is 2.65 bits per heavy atom. The van der Waals surface area contributed by atoms with Crippen molar-refractivity contribution in [3.63, 3.8) is 0 Å². The van der Waals surface area contributed by atoms with Crippen LogP contribution >= 0.6 is 11.6 Å². The maximum absolute atomic E-state index is 12.8. The predicted octanol–water partition coefficient (Wildman–Crippen LogP) is 3.65. The Hall–Kier alpha value is -2.15. The minimum absolute atomic E-state index is 0.210. The molecule has 1 aliphatic heterocycles. The average molecular weight is 389 g/mol. The van der Waals surface area contributed by atoms with Gasteiger partial charge in [-0.15, -0.1) is 0 Å². The molecular formula is C19H17ClN2O3S. The number of nitrogens with zero attached hydrogens (tertiary/aromatic N) is 2. The molecule has 2 aromatic carbocycles. The van der Waals surface area contributed by atoms with Crippen LogP contribution in [0.1, 0.15) is 5.56 Å². The van der Waals surface area contributed by atoms with Crippen LogP contribution in [-0.2, 0) is 10.0 Å². The number of fused-ring (bicyclic) bond motifs is 1. The van der Waals surface area contributed by atoms with E-state index in [4.69, 9.17) is 16.3 Å². The van der Waals surface area contributed by atoms with Gasteiger partial charge in [0.25, 0.3) is 0 Å². The molecule has 7 heteroatoms. The van der Waals surface area contributed by atoms with Crippen molar-refractivity contribution >= 4 is 32.5 Å². The van der Waals surface area contributed by atoms with E-state index in [2.05, 4.69) is 4.98 Å². The Kier molecular flexibility index (Phi) is 4.34. The Labute approximate surface area is 157 Å². The topological polar surface area (TPSA) is 59.5 Å². The zero-order valence-electron chi connectivity index (χ0n) is 14.1. The van der Waals surface area contributed by atoms with Gasteiger partial charge in [0.2, 0.25) is 15.9 Å². The molecule has 0 aliphatic carbocycles. The van der Waals surface area contributed by atoms with Gasteiger partial charge < -0.3 is 4.74 Å². The standard InChI is InChI=1S/C19H17ClN2O3S/c1-13-16(20)6-4-8-18(13)26(23,24)22-11-15(12-22)25-19-10-9-14-5-2-3-7-17(14)21-19/h2-10,15H,11-12H2,1H3. The summed E-state index contributed by atoms with van der Waals surface area (Å²) in [6.45, 7) is 2.30. The zero-order chi connectivity index (χ0) is 18.3. The van der Waals surface area contributed by atoms with E-state index in [0.717, 1.165) is 10.9 Å². The van der Waals surface area contributed by atoms with Crippen molar-refractivity contribution < 1.29 is 13.2 Å². The van der Waals surface area contributed by atoms with Crippen LogP contribution < -0.4 is 4.74 Å². The van der Waals surface area contributed by atoms with Crippen LogP contribution in [0.15, 0.2) is 59.5 Å². The number of pyridine rings is 1. The summed E-state index contributed by atoms with van der Waals surface area (Å²) in [6, 6.07) is 16.4. The van der Waals surface area contributed by atoms with Crippen LogP contribution in [-0.4, -0.2) is 36.9 Å². The second kappa shape index (κ2) is 6.54. The monoisotopic (exact) mass is 388 g/mol. The van der Waals surface area contributed by atoms with Gasteiger partial charge in [-0.1, -0.05) is 35.9 Å². The molecular weight excluding hydrogens is 372 g/mol. The minimum Gasteiger partial charge on any atom is -0.472 e. The summed E-state index contributed by atoms with van der Waals surface area (Å²) in [4.78, 5) is 4.70. The molecule has 0 atom stereocenters. The third-order valence-corrected chi connectivity index (χ3v) is 6.90. The van der Waals surface area contributed by atoms with Crippen molar-refractivity contribution in [2.75, 3.05) is 13.1 Å². The molecule has 26 heavy (non-hydrogen) atoms. The van der Waals surface area contributed by atoms with Gasteiger partial charge in [0.05, 0.1) is 23.5 Å². The third-order valence-electron chi connectivity index (χ3n) is 4.51. The molecule has 3 aromatic rings. The van der Waals surface area contributed by atoms with E-state index >= 15 is 0 Å². The number of hydrogen-bond acceptors (Lipinski definition) is 4. The molecule has 2 heterocycles. The lowest BCUT2D eigenvalue weighted by molar-refractivity contribution is 0.0724. The highest BCUT2D eigenvalue weighted by atomic mass is 35.5. The van der Waals surface area contributed by atoms with Crippen molar-refractivity contribution in [2.24, 2.45) is 0 Å². The van der Waals surface area contributed by atoms with E-state index in [1.807, 2.05) is 30.3 Å². The summed E-state index contributed by atoms with van der Waals surface area (Å²) >= 11 is 6.05. The Morgan fingerprint density at radius 2 is 1.85 bits per heavy atom. The van der Waals surface area contributed by atoms with Gasteiger partial charge in [0.15, 0.2) is 0 Å². The summed E-state index contributed by atoms with van der Waals surface area (Å²) in [6.07, 6.45) is -0.210. The van der Waals surface area contributed by atoms with Gasteiger partial charge >= 0.3 is 0 Å². The lowest BCUT2D eigenvalue weighted by Gasteiger charge is -2.37. The molecule has 1 aromatic heterocycles. The molecule has 4 rings (SSSR count). The Balaban J connectivity index is 1.47. The number of aromatic nitrogens is 1. The predicted molar refractivity (Wildman–Crippen MR) is 101 cm³/mol. The van der Waals surface area contributed by atoms with E-state index in [1.54, 1.807) is 31.2 Å². The first-order valence-corrected chi connectivity index (χ1v) is 10.0. The Morgan fingerprint density at radius 1 is 1.08 bits per heavy atom. The highest BCUT2D eigenvalue weighted by Gasteiger charge is 2.39. The average Bonchev–Trinajstić information content (AvgIpc) is 2.59. The molecule has 1 aliphatic rings. The summed E-state index contributed by atoms with van der Waals surface area (Å²) in [7, 11) is -3.57. The Bertz CT molecular complexity index is 1080. The number of hydrogen-bond donors (Lipinski definition) is 0. The van der Waals surface area contributed by atoms with Gasteiger partial charge in [-0.05, 0) is 36.8 Å². The summed E-state index contributed by atoms with van der Waals surface area (Å²) in [5.74, 6) is 0.504. The van der Waals surface area contributed by atoms with E-state index in [1.165, 1.54) is 4.31 Å². The number of sulfonamides is 1. The van der Waals surface area contributed by atoms with Gasteiger partial charge in [-0.3, -0.25) is 0 Å². The maximum Gasteiger partial charge on any atom is 0.243 e. The van der Waals surface area contributed by atoms with Crippen LogP contribution in [0.2, 0.25) is 5.02 Å². The molecule has 5 nitrogen and oxygen atoms in total. The van der Waals surface area contributed by atoms with Crippen molar-refractivity contribution in [3.8, 4) is 5.88 Å². The summed E-state index contributed by atoms with van der Waals surface area (Å²) < 4.78 is 32.7. The molecule has 134 valence electrons. The third kappa shape index (κ3) is 3.05. The number of para-hydroxylation sites is 1. The summed E-state index contributed by atoms with van der Waals surface area (Å²) in [5, 5.41) is 1.48. The number of halogens is 1. The normalized spacial score (nSPS) is 15.8. The first-order valence-electron chi connectivity index (χ1n) is 8.23. The molecule has 1 fully saturated rings. The number of ether oxygens (including phenoxy) is 1. The molecule has 0 radical (unpaired) electrons. The number of benzene rings is 2.